The topological polar surface area (TPSA) is 32.3 Å². The van der Waals surface area contributed by atoms with Gasteiger partial charge in [-0.3, -0.25) is 9.69 Å². The van der Waals surface area contributed by atoms with Gasteiger partial charge in [0.25, 0.3) is 0 Å². The van der Waals surface area contributed by atoms with Crippen LogP contribution in [-0.2, 0) is 11.2 Å². The molecule has 1 aliphatic heterocycles. The molecule has 0 bridgehead atoms. The van der Waals surface area contributed by atoms with Crippen LogP contribution in [0.25, 0.3) is 0 Å². The molecule has 0 aromatic heterocycles. The number of amides is 1. The number of likely N-dealkylation sites (N-methyl/N-ethyl adjacent to an activating group) is 1. The van der Waals surface area contributed by atoms with Crippen LogP contribution in [0.3, 0.4) is 0 Å². The van der Waals surface area contributed by atoms with Crippen LogP contribution in [0.4, 0.5) is 4.39 Å². The van der Waals surface area contributed by atoms with Crippen molar-refractivity contribution in [3.63, 3.8) is 0 Å². The highest BCUT2D eigenvalue weighted by Gasteiger charge is 2.34. The van der Waals surface area contributed by atoms with Gasteiger partial charge in [-0.05, 0) is 43.3 Å². The predicted molar refractivity (Wildman–Crippen MR) is 98.5 cm³/mol. The van der Waals surface area contributed by atoms with Crippen LogP contribution in [0, 0.1) is 5.82 Å². The number of benzene rings is 2. The summed E-state index contributed by atoms with van der Waals surface area (Å²) in [7, 11) is 2.03. The summed E-state index contributed by atoms with van der Waals surface area (Å²) in [6, 6.07) is 12.1. The third kappa shape index (κ3) is 4.14. The highest BCUT2D eigenvalue weighted by molar-refractivity contribution is 6.31. The third-order valence-electron chi connectivity index (χ3n) is 4.61. The minimum Gasteiger partial charge on any atom is -0.351 e. The molecule has 0 radical (unpaired) electrons. The molecule has 1 saturated heterocycles. The van der Waals surface area contributed by atoms with E-state index in [9.17, 15) is 9.18 Å². The Labute approximate surface area is 156 Å². The van der Waals surface area contributed by atoms with E-state index in [2.05, 4.69) is 10.2 Å². The predicted octanol–water partition coefficient (Wildman–Crippen LogP) is 4.24. The Bertz CT molecular complexity index is 746. The van der Waals surface area contributed by atoms with Gasteiger partial charge in [0.05, 0.1) is 12.5 Å². The Morgan fingerprint density at radius 3 is 2.64 bits per heavy atom. The number of nitrogens with zero attached hydrogens (tertiary/aromatic N) is 1. The molecule has 1 aliphatic rings. The Balaban J connectivity index is 1.72. The van der Waals surface area contributed by atoms with Crippen molar-refractivity contribution < 1.29 is 9.18 Å². The van der Waals surface area contributed by atoms with Crippen molar-refractivity contribution in [2.45, 2.75) is 24.9 Å². The zero-order valence-electron chi connectivity index (χ0n) is 13.8. The summed E-state index contributed by atoms with van der Waals surface area (Å²) in [6.07, 6.45) is 0.763. The van der Waals surface area contributed by atoms with Gasteiger partial charge in [0.15, 0.2) is 0 Å². The molecule has 3 nitrogen and oxygen atoms in total. The number of halogens is 3. The highest BCUT2D eigenvalue weighted by Crippen LogP contribution is 2.31. The fraction of sp³-hybridized carbons (Fsp3) is 0.316. The molecule has 0 unspecified atom stereocenters. The van der Waals surface area contributed by atoms with Crippen LogP contribution in [0.5, 0.6) is 0 Å². The molecule has 0 spiro atoms. The first-order chi connectivity index (χ1) is 12.0. The zero-order chi connectivity index (χ0) is 18.0. The van der Waals surface area contributed by atoms with E-state index in [1.165, 1.54) is 12.1 Å². The second-order valence-corrected chi connectivity index (χ2v) is 7.16. The standard InChI is InChI=1S/C19H19Cl2FN2O/c1-24-10-9-17(19(24)12-5-7-13(20)8-6-12)23-18(25)11-14-15(21)3-2-4-16(14)22/h2-8,17,19H,9-11H2,1H3,(H,23,25)/t17-,19-/m0/s1. The number of rotatable bonds is 4. The number of hydrogen-bond donors (Lipinski definition) is 1. The average Bonchev–Trinajstić information content (AvgIpc) is 2.92. The number of hydrogen-bond acceptors (Lipinski definition) is 2. The Morgan fingerprint density at radius 2 is 1.96 bits per heavy atom. The summed E-state index contributed by atoms with van der Waals surface area (Å²) in [4.78, 5) is 14.6. The van der Waals surface area contributed by atoms with Gasteiger partial charge >= 0.3 is 0 Å². The first-order valence-electron chi connectivity index (χ1n) is 8.13. The van der Waals surface area contributed by atoms with Gasteiger partial charge in [-0.15, -0.1) is 0 Å². The Morgan fingerprint density at radius 1 is 1.24 bits per heavy atom. The van der Waals surface area contributed by atoms with Crippen molar-refractivity contribution in [3.05, 3.63) is 69.5 Å². The molecule has 2 atom stereocenters. The van der Waals surface area contributed by atoms with Crippen molar-refractivity contribution in [2.24, 2.45) is 0 Å². The van der Waals surface area contributed by atoms with E-state index in [0.29, 0.717) is 5.02 Å². The summed E-state index contributed by atoms with van der Waals surface area (Å²) >= 11 is 12.0. The molecule has 2 aromatic rings. The average molecular weight is 381 g/mol. The van der Waals surface area contributed by atoms with Crippen LogP contribution in [0.2, 0.25) is 10.0 Å². The minimum atomic E-state index is -0.458. The Hall–Kier alpha value is -1.62. The van der Waals surface area contributed by atoms with E-state index in [-0.39, 0.29) is 35.0 Å². The molecule has 2 aromatic carbocycles. The molecule has 3 rings (SSSR count). The van der Waals surface area contributed by atoms with Crippen molar-refractivity contribution >= 4 is 29.1 Å². The fourth-order valence-electron chi connectivity index (χ4n) is 3.36. The lowest BCUT2D eigenvalue weighted by molar-refractivity contribution is -0.121. The van der Waals surface area contributed by atoms with Crippen LogP contribution in [-0.4, -0.2) is 30.4 Å². The van der Waals surface area contributed by atoms with Gasteiger partial charge in [0.1, 0.15) is 5.82 Å². The monoisotopic (exact) mass is 380 g/mol. The van der Waals surface area contributed by atoms with Gasteiger partial charge in [0.2, 0.25) is 5.91 Å². The van der Waals surface area contributed by atoms with E-state index >= 15 is 0 Å². The van der Waals surface area contributed by atoms with Crippen LogP contribution >= 0.6 is 23.2 Å². The van der Waals surface area contributed by atoms with E-state index in [1.807, 2.05) is 31.3 Å². The first kappa shape index (κ1) is 18.2. The van der Waals surface area contributed by atoms with Gasteiger partial charge in [-0.2, -0.15) is 0 Å². The molecule has 0 saturated carbocycles. The summed E-state index contributed by atoms with van der Waals surface area (Å²) in [5, 5.41) is 3.99. The second kappa shape index (κ2) is 7.73. The molecule has 1 amide bonds. The third-order valence-corrected chi connectivity index (χ3v) is 5.21. The van der Waals surface area contributed by atoms with E-state index < -0.39 is 5.82 Å². The fourth-order valence-corrected chi connectivity index (χ4v) is 3.72. The minimum absolute atomic E-state index is 0.0378. The SMILES string of the molecule is CN1CC[C@H](NC(=O)Cc2c(F)cccc2Cl)[C@@H]1c1ccc(Cl)cc1. The molecule has 0 aliphatic carbocycles. The van der Waals surface area contributed by atoms with Crippen LogP contribution in [0.15, 0.2) is 42.5 Å². The van der Waals surface area contributed by atoms with Crippen molar-refractivity contribution in [1.29, 1.82) is 0 Å². The summed E-state index contributed by atoms with van der Waals surface area (Å²) in [5.74, 6) is -0.688. The molecule has 6 heteroatoms. The van der Waals surface area contributed by atoms with E-state index in [0.717, 1.165) is 18.5 Å². The smallest absolute Gasteiger partial charge is 0.224 e. The maximum Gasteiger partial charge on any atom is 0.224 e. The van der Waals surface area contributed by atoms with Gasteiger partial charge in [-0.25, -0.2) is 4.39 Å². The molecule has 1 fully saturated rings. The normalized spacial score (nSPS) is 20.6. The lowest BCUT2D eigenvalue weighted by Gasteiger charge is -2.26. The van der Waals surface area contributed by atoms with E-state index in [1.54, 1.807) is 6.07 Å². The Kier molecular flexibility index (Phi) is 5.62. The van der Waals surface area contributed by atoms with Crippen molar-refractivity contribution in [2.75, 3.05) is 13.6 Å². The van der Waals surface area contributed by atoms with Crippen LogP contribution < -0.4 is 5.32 Å². The van der Waals surface area contributed by atoms with Gasteiger partial charge in [-0.1, -0.05) is 41.4 Å². The zero-order valence-corrected chi connectivity index (χ0v) is 15.3. The summed E-state index contributed by atoms with van der Waals surface area (Å²) in [5.41, 5.74) is 1.33. The second-order valence-electron chi connectivity index (χ2n) is 6.32. The largest absolute Gasteiger partial charge is 0.351 e. The lowest BCUT2D eigenvalue weighted by atomic mass is 10.00. The molecule has 132 valence electrons. The molecular weight excluding hydrogens is 362 g/mol. The van der Waals surface area contributed by atoms with Crippen LogP contribution in [0.1, 0.15) is 23.6 Å². The highest BCUT2D eigenvalue weighted by atomic mass is 35.5. The quantitative estimate of drug-likeness (QED) is 0.860. The maximum atomic E-state index is 13.9. The number of nitrogens with one attached hydrogen (secondary N) is 1. The summed E-state index contributed by atoms with van der Waals surface area (Å²) < 4.78 is 13.9. The first-order valence-corrected chi connectivity index (χ1v) is 8.89. The molecule has 25 heavy (non-hydrogen) atoms. The van der Waals surface area contributed by atoms with Crippen molar-refractivity contribution in [1.82, 2.24) is 10.2 Å². The summed E-state index contributed by atoms with van der Waals surface area (Å²) in [6.45, 7) is 0.874. The number of likely N-dealkylation sites (tertiary alicyclic amines) is 1. The van der Waals surface area contributed by atoms with E-state index in [4.69, 9.17) is 23.2 Å². The number of carbonyl (C=O) groups is 1. The van der Waals surface area contributed by atoms with Gasteiger partial charge < -0.3 is 5.32 Å². The van der Waals surface area contributed by atoms with Crippen molar-refractivity contribution in [3.8, 4) is 0 Å². The maximum absolute atomic E-state index is 13.9. The van der Waals surface area contributed by atoms with Gasteiger partial charge in [0, 0.05) is 28.2 Å². The molecule has 1 N–H and O–H groups in total. The number of carbonyl (C=O) groups excluding carboxylic acids is 1. The lowest BCUT2D eigenvalue weighted by Crippen LogP contribution is -2.39. The molecule has 1 heterocycles. The molecular formula is C19H19Cl2FN2O.